The Hall–Kier alpha value is -3.42. The predicted molar refractivity (Wildman–Crippen MR) is 94.3 cm³/mol. The van der Waals surface area contributed by atoms with Gasteiger partial charge in [0.25, 0.3) is 5.69 Å². The number of nitro groups is 1. The standard InChI is InChI=1S/C18H18N2O6/c1-3-25-14-7-4-12(5-8-14)17(21)11(2)26-18(22)13-6-9-15(19)16(10-13)20(23)24/h4-11H,3,19H2,1-2H3/t11-/m0/s1. The number of nitrogens with two attached hydrogens (primary N) is 1. The van der Waals surface area contributed by atoms with Crippen LogP contribution >= 0.6 is 0 Å². The number of carbonyl (C=O) groups is 2. The molecule has 0 aliphatic rings. The third-order valence-corrected chi connectivity index (χ3v) is 3.57. The molecule has 2 aromatic carbocycles. The van der Waals surface area contributed by atoms with Gasteiger partial charge in [0.05, 0.1) is 17.1 Å². The van der Waals surface area contributed by atoms with Gasteiger partial charge in [-0.05, 0) is 50.2 Å². The summed E-state index contributed by atoms with van der Waals surface area (Å²) in [5, 5.41) is 10.9. The molecule has 136 valence electrons. The molecule has 0 radical (unpaired) electrons. The number of esters is 1. The number of benzene rings is 2. The number of Topliss-reactive ketones (excluding diaryl/α,β-unsaturated/α-hetero) is 1. The molecule has 0 spiro atoms. The summed E-state index contributed by atoms with van der Waals surface area (Å²) < 4.78 is 10.4. The van der Waals surface area contributed by atoms with Gasteiger partial charge in [0.1, 0.15) is 11.4 Å². The number of nitro benzene ring substituents is 1. The van der Waals surface area contributed by atoms with E-state index in [1.165, 1.54) is 19.1 Å². The van der Waals surface area contributed by atoms with Crippen LogP contribution in [0.3, 0.4) is 0 Å². The normalized spacial score (nSPS) is 11.5. The number of anilines is 1. The van der Waals surface area contributed by atoms with Gasteiger partial charge in [-0.15, -0.1) is 0 Å². The topological polar surface area (TPSA) is 122 Å². The minimum atomic E-state index is -1.06. The molecule has 8 nitrogen and oxygen atoms in total. The number of ketones is 1. The van der Waals surface area contributed by atoms with Gasteiger partial charge in [0.15, 0.2) is 6.10 Å². The average molecular weight is 358 g/mol. The largest absolute Gasteiger partial charge is 0.494 e. The van der Waals surface area contributed by atoms with Crippen molar-refractivity contribution in [2.24, 2.45) is 0 Å². The fourth-order valence-corrected chi connectivity index (χ4v) is 2.23. The fourth-order valence-electron chi connectivity index (χ4n) is 2.23. The first-order valence-electron chi connectivity index (χ1n) is 7.85. The first-order chi connectivity index (χ1) is 12.3. The molecule has 2 N–H and O–H groups in total. The number of hydrogen-bond donors (Lipinski definition) is 1. The van der Waals surface area contributed by atoms with Crippen molar-refractivity contribution in [1.29, 1.82) is 0 Å². The van der Waals surface area contributed by atoms with Gasteiger partial charge in [-0.25, -0.2) is 4.79 Å². The number of nitrogen functional groups attached to an aromatic ring is 1. The first-order valence-corrected chi connectivity index (χ1v) is 7.85. The third kappa shape index (κ3) is 4.35. The van der Waals surface area contributed by atoms with Crippen LogP contribution in [0.25, 0.3) is 0 Å². The van der Waals surface area contributed by atoms with Crippen LogP contribution in [0.15, 0.2) is 42.5 Å². The molecule has 2 rings (SSSR count). The molecule has 0 unspecified atom stereocenters. The van der Waals surface area contributed by atoms with Gasteiger partial charge in [-0.3, -0.25) is 14.9 Å². The maximum atomic E-state index is 12.4. The van der Waals surface area contributed by atoms with E-state index in [1.807, 2.05) is 6.92 Å². The second kappa shape index (κ2) is 8.11. The summed E-state index contributed by atoms with van der Waals surface area (Å²) >= 11 is 0. The molecule has 0 fully saturated rings. The molecule has 26 heavy (non-hydrogen) atoms. The van der Waals surface area contributed by atoms with E-state index in [4.69, 9.17) is 15.2 Å². The molecule has 0 aliphatic heterocycles. The molecule has 0 saturated heterocycles. The van der Waals surface area contributed by atoms with Crippen LogP contribution in [0, 0.1) is 10.1 Å². The molecular formula is C18H18N2O6. The Labute approximate surface area is 149 Å². The highest BCUT2D eigenvalue weighted by atomic mass is 16.6. The summed E-state index contributed by atoms with van der Waals surface area (Å²) in [4.78, 5) is 34.7. The number of hydrogen-bond acceptors (Lipinski definition) is 7. The first kappa shape index (κ1) is 18.9. The van der Waals surface area contributed by atoms with Gasteiger partial charge in [-0.1, -0.05) is 0 Å². The molecule has 2 aromatic rings. The fraction of sp³-hybridized carbons (Fsp3) is 0.222. The van der Waals surface area contributed by atoms with Gasteiger partial charge in [0.2, 0.25) is 5.78 Å². The average Bonchev–Trinajstić information content (AvgIpc) is 2.62. The lowest BCUT2D eigenvalue weighted by Crippen LogP contribution is -2.24. The molecule has 1 atom stereocenters. The Morgan fingerprint density at radius 1 is 1.15 bits per heavy atom. The van der Waals surface area contributed by atoms with Gasteiger partial charge in [0, 0.05) is 11.6 Å². The summed E-state index contributed by atoms with van der Waals surface area (Å²) in [6.07, 6.45) is -1.06. The second-order valence-corrected chi connectivity index (χ2v) is 5.40. The zero-order chi connectivity index (χ0) is 19.3. The van der Waals surface area contributed by atoms with Crippen molar-refractivity contribution < 1.29 is 24.0 Å². The van der Waals surface area contributed by atoms with E-state index in [0.29, 0.717) is 17.9 Å². The zero-order valence-corrected chi connectivity index (χ0v) is 14.3. The molecule has 8 heteroatoms. The Morgan fingerprint density at radius 2 is 1.77 bits per heavy atom. The number of carbonyl (C=O) groups excluding carboxylic acids is 2. The monoisotopic (exact) mass is 358 g/mol. The van der Waals surface area contributed by atoms with E-state index < -0.39 is 28.5 Å². The van der Waals surface area contributed by atoms with Crippen molar-refractivity contribution in [2.45, 2.75) is 20.0 Å². The van der Waals surface area contributed by atoms with Gasteiger partial charge in [-0.2, -0.15) is 0 Å². The van der Waals surface area contributed by atoms with Crippen molar-refractivity contribution >= 4 is 23.1 Å². The van der Waals surface area contributed by atoms with Crippen molar-refractivity contribution in [1.82, 2.24) is 0 Å². The van der Waals surface area contributed by atoms with E-state index in [0.717, 1.165) is 6.07 Å². The Kier molecular flexibility index (Phi) is 5.90. The maximum absolute atomic E-state index is 12.4. The maximum Gasteiger partial charge on any atom is 0.339 e. The second-order valence-electron chi connectivity index (χ2n) is 5.40. The number of nitrogens with zero attached hydrogens (tertiary/aromatic N) is 1. The highest BCUT2D eigenvalue weighted by Gasteiger charge is 2.22. The van der Waals surface area contributed by atoms with Crippen LogP contribution < -0.4 is 10.5 Å². The lowest BCUT2D eigenvalue weighted by atomic mass is 10.1. The van der Waals surface area contributed by atoms with Gasteiger partial charge >= 0.3 is 5.97 Å². The highest BCUT2D eigenvalue weighted by molar-refractivity contribution is 6.01. The van der Waals surface area contributed by atoms with E-state index in [9.17, 15) is 19.7 Å². The minimum absolute atomic E-state index is 0.0581. The van der Waals surface area contributed by atoms with Crippen LogP contribution in [-0.4, -0.2) is 29.4 Å². The summed E-state index contributed by atoms with van der Waals surface area (Å²) in [7, 11) is 0. The Morgan fingerprint density at radius 3 is 2.35 bits per heavy atom. The molecule has 0 bridgehead atoms. The zero-order valence-electron chi connectivity index (χ0n) is 14.3. The molecular weight excluding hydrogens is 340 g/mol. The lowest BCUT2D eigenvalue weighted by molar-refractivity contribution is -0.383. The molecule has 0 aliphatic carbocycles. The summed E-state index contributed by atoms with van der Waals surface area (Å²) in [6.45, 7) is 3.79. The SMILES string of the molecule is CCOc1ccc(C(=O)[C@H](C)OC(=O)c2ccc(N)c([N+](=O)[O-])c2)cc1. The molecule has 0 saturated carbocycles. The summed E-state index contributed by atoms with van der Waals surface area (Å²) in [6, 6.07) is 10.0. The van der Waals surface area contributed by atoms with E-state index >= 15 is 0 Å². The third-order valence-electron chi connectivity index (χ3n) is 3.57. The van der Waals surface area contributed by atoms with E-state index in [2.05, 4.69) is 0 Å². The molecule has 0 aromatic heterocycles. The summed E-state index contributed by atoms with van der Waals surface area (Å²) in [5.41, 5.74) is 5.33. The summed E-state index contributed by atoms with van der Waals surface area (Å²) in [5.74, 6) is -0.617. The number of ether oxygens (including phenoxy) is 2. The van der Waals surface area contributed by atoms with Crippen LogP contribution in [0.2, 0.25) is 0 Å². The Bertz CT molecular complexity index is 832. The Balaban J connectivity index is 2.09. The van der Waals surface area contributed by atoms with Crippen LogP contribution in [0.1, 0.15) is 34.6 Å². The van der Waals surface area contributed by atoms with Gasteiger partial charge < -0.3 is 15.2 Å². The van der Waals surface area contributed by atoms with Crippen molar-refractivity contribution in [3.8, 4) is 5.75 Å². The molecule has 0 amide bonds. The predicted octanol–water partition coefficient (Wildman–Crippen LogP) is 3.00. The highest BCUT2D eigenvalue weighted by Crippen LogP contribution is 2.23. The van der Waals surface area contributed by atoms with Crippen molar-refractivity contribution in [2.75, 3.05) is 12.3 Å². The van der Waals surface area contributed by atoms with Crippen molar-refractivity contribution in [3.63, 3.8) is 0 Å². The van der Waals surface area contributed by atoms with E-state index in [-0.39, 0.29) is 11.3 Å². The van der Waals surface area contributed by atoms with Crippen LogP contribution in [0.4, 0.5) is 11.4 Å². The number of rotatable bonds is 7. The van der Waals surface area contributed by atoms with Crippen molar-refractivity contribution in [3.05, 3.63) is 63.7 Å². The smallest absolute Gasteiger partial charge is 0.339 e. The lowest BCUT2D eigenvalue weighted by Gasteiger charge is -2.13. The van der Waals surface area contributed by atoms with Crippen LogP contribution in [0.5, 0.6) is 5.75 Å². The molecule has 0 heterocycles. The van der Waals surface area contributed by atoms with E-state index in [1.54, 1.807) is 24.3 Å². The minimum Gasteiger partial charge on any atom is -0.494 e. The quantitative estimate of drug-likeness (QED) is 0.265. The van der Waals surface area contributed by atoms with Crippen LogP contribution in [-0.2, 0) is 4.74 Å².